The number of rotatable bonds is 2. The fraction of sp³-hybridized carbons (Fsp3) is 0. The van der Waals surface area contributed by atoms with E-state index in [0.717, 1.165) is 5.82 Å². The molecule has 70 valence electrons. The number of hydrogen-bond donors (Lipinski definition) is 2. The minimum absolute atomic E-state index is 0.609. The molecule has 0 aliphatic rings. The van der Waals surface area contributed by atoms with Crippen molar-refractivity contribution in [3.05, 3.63) is 42.7 Å². The molecule has 0 saturated carbocycles. The molecule has 0 amide bonds. The van der Waals surface area contributed by atoms with Crippen LogP contribution >= 0.6 is 0 Å². The molecule has 0 bridgehead atoms. The van der Waals surface area contributed by atoms with Gasteiger partial charge in [-0.15, -0.1) is 0 Å². The Morgan fingerprint density at radius 1 is 1.00 bits per heavy atom. The number of nitrogens with two attached hydrogens (primary N) is 1. The molecule has 0 spiro atoms. The largest absolute Gasteiger partial charge is 0.396 e. The van der Waals surface area contributed by atoms with Gasteiger partial charge in [0.05, 0.1) is 5.69 Å². The van der Waals surface area contributed by atoms with Crippen molar-refractivity contribution in [1.29, 1.82) is 0 Å². The summed E-state index contributed by atoms with van der Waals surface area (Å²) in [6, 6.07) is 9.19. The monoisotopic (exact) mass is 186 g/mol. The molecule has 3 N–H and O–H groups in total. The standard InChI is InChI=1S/C10H10N4/c11-8-4-3-7-13-10(8)14-9-5-1-2-6-12-9/h1-7H,11H2,(H,12,13,14). The van der Waals surface area contributed by atoms with Crippen molar-refractivity contribution in [2.75, 3.05) is 11.1 Å². The molecule has 0 atom stereocenters. The third-order valence-corrected chi connectivity index (χ3v) is 1.75. The van der Waals surface area contributed by atoms with E-state index in [1.165, 1.54) is 0 Å². The molecule has 2 heterocycles. The number of hydrogen-bond acceptors (Lipinski definition) is 4. The lowest BCUT2D eigenvalue weighted by Gasteiger charge is -2.05. The zero-order valence-electron chi connectivity index (χ0n) is 7.51. The van der Waals surface area contributed by atoms with E-state index in [1.54, 1.807) is 24.5 Å². The van der Waals surface area contributed by atoms with Crippen LogP contribution in [0.1, 0.15) is 0 Å². The Labute approximate surface area is 81.8 Å². The van der Waals surface area contributed by atoms with Gasteiger partial charge in [0.1, 0.15) is 5.82 Å². The summed E-state index contributed by atoms with van der Waals surface area (Å²) in [4.78, 5) is 8.21. The van der Waals surface area contributed by atoms with Crippen LogP contribution in [0.25, 0.3) is 0 Å². The second-order valence-corrected chi connectivity index (χ2v) is 2.78. The Kier molecular flexibility index (Phi) is 2.27. The van der Waals surface area contributed by atoms with E-state index < -0.39 is 0 Å². The number of aromatic nitrogens is 2. The van der Waals surface area contributed by atoms with Crippen LogP contribution < -0.4 is 11.1 Å². The van der Waals surface area contributed by atoms with Crippen LogP contribution in [-0.2, 0) is 0 Å². The fourth-order valence-corrected chi connectivity index (χ4v) is 1.08. The predicted molar refractivity (Wildman–Crippen MR) is 56.2 cm³/mol. The van der Waals surface area contributed by atoms with Crippen molar-refractivity contribution in [3.63, 3.8) is 0 Å². The first-order valence-electron chi connectivity index (χ1n) is 4.25. The molecule has 4 nitrogen and oxygen atoms in total. The maximum absolute atomic E-state index is 5.72. The lowest BCUT2D eigenvalue weighted by atomic mass is 10.4. The average molecular weight is 186 g/mol. The molecule has 2 aromatic heterocycles. The van der Waals surface area contributed by atoms with Gasteiger partial charge in [-0.2, -0.15) is 0 Å². The summed E-state index contributed by atoms with van der Waals surface area (Å²) in [6.45, 7) is 0. The normalized spacial score (nSPS) is 9.71. The number of anilines is 3. The molecule has 4 heteroatoms. The maximum atomic E-state index is 5.72. The second kappa shape index (κ2) is 3.74. The van der Waals surface area contributed by atoms with Gasteiger partial charge >= 0.3 is 0 Å². The van der Waals surface area contributed by atoms with E-state index in [-0.39, 0.29) is 0 Å². The zero-order chi connectivity index (χ0) is 9.80. The molecule has 0 fully saturated rings. The Balaban J connectivity index is 2.24. The first-order valence-corrected chi connectivity index (χ1v) is 4.25. The van der Waals surface area contributed by atoms with Crippen molar-refractivity contribution < 1.29 is 0 Å². The van der Waals surface area contributed by atoms with E-state index in [2.05, 4.69) is 15.3 Å². The fourth-order valence-electron chi connectivity index (χ4n) is 1.08. The Morgan fingerprint density at radius 3 is 2.57 bits per heavy atom. The molecule has 0 aliphatic carbocycles. The van der Waals surface area contributed by atoms with Crippen LogP contribution in [0.15, 0.2) is 42.7 Å². The highest BCUT2D eigenvalue weighted by Crippen LogP contribution is 2.17. The van der Waals surface area contributed by atoms with Gasteiger partial charge < -0.3 is 11.1 Å². The van der Waals surface area contributed by atoms with Gasteiger partial charge in [0.2, 0.25) is 0 Å². The topological polar surface area (TPSA) is 63.8 Å². The van der Waals surface area contributed by atoms with E-state index in [0.29, 0.717) is 11.5 Å². The minimum atomic E-state index is 0.609. The van der Waals surface area contributed by atoms with E-state index >= 15 is 0 Å². The predicted octanol–water partition coefficient (Wildman–Crippen LogP) is 1.80. The highest BCUT2D eigenvalue weighted by molar-refractivity contribution is 5.66. The van der Waals surface area contributed by atoms with Gasteiger partial charge in [-0.1, -0.05) is 6.07 Å². The average Bonchev–Trinajstić information content (AvgIpc) is 2.23. The molecular formula is C10H10N4. The Hall–Kier alpha value is -2.10. The van der Waals surface area contributed by atoms with Crippen LogP contribution in [0.4, 0.5) is 17.3 Å². The first kappa shape index (κ1) is 8.50. The second-order valence-electron chi connectivity index (χ2n) is 2.78. The molecule has 0 aliphatic heterocycles. The Morgan fingerprint density at radius 2 is 1.86 bits per heavy atom. The zero-order valence-corrected chi connectivity index (χ0v) is 7.51. The van der Waals surface area contributed by atoms with Crippen molar-refractivity contribution in [1.82, 2.24) is 9.97 Å². The van der Waals surface area contributed by atoms with E-state index in [9.17, 15) is 0 Å². The number of nitrogens with zero attached hydrogens (tertiary/aromatic N) is 2. The van der Waals surface area contributed by atoms with Gasteiger partial charge in [-0.3, -0.25) is 0 Å². The summed E-state index contributed by atoms with van der Waals surface area (Å²) in [5, 5.41) is 3.02. The van der Waals surface area contributed by atoms with Crippen LogP contribution in [0.5, 0.6) is 0 Å². The highest BCUT2D eigenvalue weighted by Gasteiger charge is 1.99. The van der Waals surface area contributed by atoms with Crippen LogP contribution in [-0.4, -0.2) is 9.97 Å². The minimum Gasteiger partial charge on any atom is -0.396 e. The summed E-state index contributed by atoms with van der Waals surface area (Å²) < 4.78 is 0. The molecular weight excluding hydrogens is 176 g/mol. The number of nitrogens with one attached hydrogen (secondary N) is 1. The quantitative estimate of drug-likeness (QED) is 0.750. The van der Waals surface area contributed by atoms with Crippen molar-refractivity contribution in [3.8, 4) is 0 Å². The summed E-state index contributed by atoms with van der Waals surface area (Å²) in [7, 11) is 0. The number of pyridine rings is 2. The molecule has 14 heavy (non-hydrogen) atoms. The van der Waals surface area contributed by atoms with E-state index in [1.807, 2.05) is 18.2 Å². The van der Waals surface area contributed by atoms with Crippen molar-refractivity contribution in [2.45, 2.75) is 0 Å². The smallest absolute Gasteiger partial charge is 0.154 e. The molecule has 2 rings (SSSR count). The van der Waals surface area contributed by atoms with Crippen molar-refractivity contribution in [2.24, 2.45) is 0 Å². The van der Waals surface area contributed by atoms with Crippen LogP contribution in [0, 0.1) is 0 Å². The molecule has 0 unspecified atom stereocenters. The molecule has 0 aromatic carbocycles. The first-order chi connectivity index (χ1) is 6.86. The van der Waals surface area contributed by atoms with Gasteiger partial charge in [-0.05, 0) is 24.3 Å². The van der Waals surface area contributed by atoms with Crippen LogP contribution in [0.2, 0.25) is 0 Å². The molecule has 0 radical (unpaired) electrons. The van der Waals surface area contributed by atoms with Crippen LogP contribution in [0.3, 0.4) is 0 Å². The third-order valence-electron chi connectivity index (χ3n) is 1.75. The van der Waals surface area contributed by atoms with Gasteiger partial charge in [0, 0.05) is 12.4 Å². The van der Waals surface area contributed by atoms with Gasteiger partial charge in [0.25, 0.3) is 0 Å². The summed E-state index contributed by atoms with van der Waals surface area (Å²) >= 11 is 0. The highest BCUT2D eigenvalue weighted by atomic mass is 15.1. The van der Waals surface area contributed by atoms with Crippen molar-refractivity contribution >= 4 is 17.3 Å². The molecule has 2 aromatic rings. The van der Waals surface area contributed by atoms with Gasteiger partial charge in [-0.25, -0.2) is 9.97 Å². The summed E-state index contributed by atoms with van der Waals surface area (Å²) in [5.41, 5.74) is 6.33. The summed E-state index contributed by atoms with van der Waals surface area (Å²) in [5.74, 6) is 1.36. The summed E-state index contributed by atoms with van der Waals surface area (Å²) in [6.07, 6.45) is 3.39. The SMILES string of the molecule is Nc1cccnc1Nc1ccccn1. The lowest BCUT2D eigenvalue weighted by Crippen LogP contribution is -1.99. The maximum Gasteiger partial charge on any atom is 0.154 e. The lowest BCUT2D eigenvalue weighted by molar-refractivity contribution is 1.25. The third kappa shape index (κ3) is 1.80. The number of nitrogen functional groups attached to an aromatic ring is 1. The van der Waals surface area contributed by atoms with E-state index in [4.69, 9.17) is 5.73 Å². The molecule has 0 saturated heterocycles. The Bertz CT molecular complexity index is 413. The van der Waals surface area contributed by atoms with Gasteiger partial charge in [0.15, 0.2) is 5.82 Å².